The number of nitrogens with zero attached hydrogens (tertiary/aromatic N) is 1. The molecule has 0 radical (unpaired) electrons. The number of nitrogens with one attached hydrogen (secondary N) is 1. The molecule has 5 nitrogen and oxygen atoms in total. The van der Waals surface area contributed by atoms with E-state index in [-0.39, 0.29) is 11.6 Å². The zero-order chi connectivity index (χ0) is 13.5. The Labute approximate surface area is 114 Å². The van der Waals surface area contributed by atoms with Crippen LogP contribution in [0.15, 0.2) is 24.3 Å². The number of amides is 1. The van der Waals surface area contributed by atoms with Crippen LogP contribution in [0.3, 0.4) is 0 Å². The van der Waals surface area contributed by atoms with Crippen molar-refractivity contribution in [3.8, 4) is 0 Å². The van der Waals surface area contributed by atoms with Crippen LogP contribution in [-0.2, 0) is 0 Å². The fourth-order valence-electron chi connectivity index (χ4n) is 1.42. The minimum Gasteiger partial charge on any atom is -0.352 e. The molecule has 0 fully saturated rings. The fraction of sp³-hybridized carbons (Fsp3) is 0.417. The molecule has 0 aliphatic carbocycles. The van der Waals surface area contributed by atoms with Gasteiger partial charge in [0.1, 0.15) is 0 Å². The molecule has 1 rings (SSSR count). The highest BCUT2D eigenvalue weighted by Crippen LogP contribution is 2.13. The van der Waals surface area contributed by atoms with Gasteiger partial charge in [0, 0.05) is 29.6 Å². The van der Waals surface area contributed by atoms with Crippen LogP contribution in [0.2, 0.25) is 0 Å². The number of alkyl halides is 1. The van der Waals surface area contributed by atoms with Crippen molar-refractivity contribution < 1.29 is 9.72 Å². The maximum atomic E-state index is 11.8. The van der Waals surface area contributed by atoms with E-state index in [1.165, 1.54) is 18.2 Å². The molecule has 6 heteroatoms. The summed E-state index contributed by atoms with van der Waals surface area (Å²) in [5.41, 5.74) is 0.242. The average molecular weight is 315 g/mol. The third-order valence-corrected chi connectivity index (χ3v) is 2.99. The first-order valence-corrected chi connectivity index (χ1v) is 6.75. The Balaban J connectivity index is 2.61. The molecule has 1 aromatic rings. The molecule has 1 atom stereocenters. The highest BCUT2D eigenvalue weighted by molar-refractivity contribution is 9.09. The third-order valence-electron chi connectivity index (χ3n) is 2.53. The van der Waals surface area contributed by atoms with E-state index in [4.69, 9.17) is 0 Å². The molecular weight excluding hydrogens is 300 g/mol. The lowest BCUT2D eigenvalue weighted by molar-refractivity contribution is -0.384. The van der Waals surface area contributed by atoms with Gasteiger partial charge < -0.3 is 5.32 Å². The molecule has 18 heavy (non-hydrogen) atoms. The Kier molecular flexibility index (Phi) is 5.77. The van der Waals surface area contributed by atoms with Crippen LogP contribution in [0.5, 0.6) is 0 Å². The number of halogens is 1. The Morgan fingerprint density at radius 2 is 2.28 bits per heavy atom. The Bertz CT molecular complexity index is 437. The lowest BCUT2D eigenvalue weighted by Crippen LogP contribution is -2.28. The van der Waals surface area contributed by atoms with Crippen LogP contribution < -0.4 is 5.32 Å². The molecule has 98 valence electrons. The molecule has 1 amide bonds. The maximum Gasteiger partial charge on any atom is 0.270 e. The molecule has 0 aromatic heterocycles. The van der Waals surface area contributed by atoms with Crippen LogP contribution in [0.4, 0.5) is 5.69 Å². The summed E-state index contributed by atoms with van der Waals surface area (Å²) >= 11 is 3.34. The Morgan fingerprint density at radius 3 is 2.89 bits per heavy atom. The third kappa shape index (κ3) is 4.44. The summed E-state index contributed by atoms with van der Waals surface area (Å²) in [5.74, 6) is 0.0899. The van der Waals surface area contributed by atoms with Gasteiger partial charge in [-0.1, -0.05) is 28.9 Å². The van der Waals surface area contributed by atoms with E-state index in [1.54, 1.807) is 6.07 Å². The predicted octanol–water partition coefficient (Wildman–Crippen LogP) is 2.75. The van der Waals surface area contributed by atoms with Crippen LogP contribution >= 0.6 is 15.9 Å². The van der Waals surface area contributed by atoms with Crippen LogP contribution in [0.25, 0.3) is 0 Å². The minimum atomic E-state index is -0.510. The average Bonchev–Trinajstić information content (AvgIpc) is 2.36. The van der Waals surface area contributed by atoms with Gasteiger partial charge in [-0.15, -0.1) is 0 Å². The second kappa shape index (κ2) is 7.10. The number of carbonyl (C=O) groups is 1. The highest BCUT2D eigenvalue weighted by atomic mass is 79.9. The SMILES string of the molecule is CC(CCBr)CNC(=O)c1cccc([N+](=O)[O-])c1. The van der Waals surface area contributed by atoms with Crippen LogP contribution in [0, 0.1) is 16.0 Å². The Hall–Kier alpha value is -1.43. The second-order valence-electron chi connectivity index (χ2n) is 4.10. The Morgan fingerprint density at radius 1 is 1.56 bits per heavy atom. The van der Waals surface area contributed by atoms with E-state index >= 15 is 0 Å². The quantitative estimate of drug-likeness (QED) is 0.498. The summed E-state index contributed by atoms with van der Waals surface area (Å²) in [4.78, 5) is 21.9. The lowest BCUT2D eigenvalue weighted by Gasteiger charge is -2.10. The molecule has 0 saturated heterocycles. The maximum absolute atomic E-state index is 11.8. The van der Waals surface area contributed by atoms with E-state index in [1.807, 2.05) is 6.92 Å². The van der Waals surface area contributed by atoms with E-state index in [2.05, 4.69) is 21.2 Å². The zero-order valence-corrected chi connectivity index (χ0v) is 11.6. The molecule has 1 aromatic carbocycles. The number of hydrogen-bond donors (Lipinski definition) is 1. The van der Waals surface area contributed by atoms with Gasteiger partial charge in [0.05, 0.1) is 4.92 Å². The van der Waals surface area contributed by atoms with Gasteiger partial charge in [0.2, 0.25) is 0 Å². The van der Waals surface area contributed by atoms with E-state index < -0.39 is 4.92 Å². The first-order valence-electron chi connectivity index (χ1n) is 5.63. The summed E-state index contributed by atoms with van der Waals surface area (Å²) < 4.78 is 0. The molecule has 0 heterocycles. The van der Waals surface area contributed by atoms with Gasteiger partial charge in [0.15, 0.2) is 0 Å². The minimum absolute atomic E-state index is 0.0730. The number of non-ortho nitro benzene ring substituents is 1. The van der Waals surface area contributed by atoms with Crippen molar-refractivity contribution in [3.05, 3.63) is 39.9 Å². The normalized spacial score (nSPS) is 11.9. The number of nitro groups is 1. The zero-order valence-electron chi connectivity index (χ0n) is 10.1. The highest BCUT2D eigenvalue weighted by Gasteiger charge is 2.11. The van der Waals surface area contributed by atoms with Crippen molar-refractivity contribution in [1.29, 1.82) is 0 Å². The summed E-state index contributed by atoms with van der Waals surface area (Å²) in [6.45, 7) is 2.60. The summed E-state index contributed by atoms with van der Waals surface area (Å²) in [6, 6.07) is 5.72. The first-order chi connectivity index (χ1) is 8.54. The molecule has 0 aliphatic heterocycles. The van der Waals surface area contributed by atoms with Crippen molar-refractivity contribution in [3.63, 3.8) is 0 Å². The summed E-state index contributed by atoms with van der Waals surface area (Å²) in [7, 11) is 0. The fourth-order valence-corrected chi connectivity index (χ4v) is 2.20. The van der Waals surface area contributed by atoms with Gasteiger partial charge in [-0.2, -0.15) is 0 Å². The topological polar surface area (TPSA) is 72.2 Å². The molecule has 0 aliphatic rings. The van der Waals surface area contributed by atoms with E-state index in [0.29, 0.717) is 18.0 Å². The van der Waals surface area contributed by atoms with Gasteiger partial charge in [-0.05, 0) is 18.4 Å². The van der Waals surface area contributed by atoms with Gasteiger partial charge in [0.25, 0.3) is 11.6 Å². The van der Waals surface area contributed by atoms with E-state index in [9.17, 15) is 14.9 Å². The second-order valence-corrected chi connectivity index (χ2v) is 4.89. The summed E-state index contributed by atoms with van der Waals surface area (Å²) in [5, 5.41) is 14.3. The molecule has 0 spiro atoms. The molecule has 1 unspecified atom stereocenters. The number of nitro benzene ring substituents is 1. The first kappa shape index (κ1) is 14.6. The number of carbonyl (C=O) groups excluding carboxylic acids is 1. The lowest BCUT2D eigenvalue weighted by atomic mass is 10.1. The molecule has 0 saturated carbocycles. The van der Waals surface area contributed by atoms with Crippen LogP contribution in [-0.4, -0.2) is 22.7 Å². The van der Waals surface area contributed by atoms with Gasteiger partial charge in [-0.3, -0.25) is 14.9 Å². The number of rotatable bonds is 6. The van der Waals surface area contributed by atoms with Gasteiger partial charge >= 0.3 is 0 Å². The molecule has 1 N–H and O–H groups in total. The standard InChI is InChI=1S/C12H15BrN2O3/c1-9(5-6-13)8-14-12(16)10-3-2-4-11(7-10)15(17)18/h2-4,7,9H,5-6,8H2,1H3,(H,14,16). The summed E-state index contributed by atoms with van der Waals surface area (Å²) in [6.07, 6.45) is 0.967. The van der Waals surface area contributed by atoms with Crippen molar-refractivity contribution in [2.75, 3.05) is 11.9 Å². The monoisotopic (exact) mass is 314 g/mol. The number of hydrogen-bond acceptors (Lipinski definition) is 3. The van der Waals surface area contributed by atoms with E-state index in [0.717, 1.165) is 11.8 Å². The van der Waals surface area contributed by atoms with Gasteiger partial charge in [-0.25, -0.2) is 0 Å². The van der Waals surface area contributed by atoms with Crippen molar-refractivity contribution in [2.24, 2.45) is 5.92 Å². The van der Waals surface area contributed by atoms with Crippen molar-refractivity contribution in [1.82, 2.24) is 5.32 Å². The van der Waals surface area contributed by atoms with Crippen molar-refractivity contribution in [2.45, 2.75) is 13.3 Å². The molecular formula is C12H15BrN2O3. The van der Waals surface area contributed by atoms with Crippen LogP contribution in [0.1, 0.15) is 23.7 Å². The van der Waals surface area contributed by atoms with Crippen molar-refractivity contribution >= 4 is 27.5 Å². The number of benzene rings is 1. The largest absolute Gasteiger partial charge is 0.352 e. The smallest absolute Gasteiger partial charge is 0.270 e. The predicted molar refractivity (Wildman–Crippen MR) is 73.0 cm³/mol. The molecule has 0 bridgehead atoms.